The lowest BCUT2D eigenvalue weighted by Crippen LogP contribution is -2.48. The number of piperidine rings is 1. The van der Waals surface area contributed by atoms with Gasteiger partial charge in [0.15, 0.2) is 0 Å². The van der Waals surface area contributed by atoms with Crippen molar-refractivity contribution >= 4 is 5.91 Å². The molecule has 3 heterocycles. The van der Waals surface area contributed by atoms with Gasteiger partial charge in [-0.15, -0.1) is 0 Å². The Morgan fingerprint density at radius 3 is 2.40 bits per heavy atom. The number of rotatable bonds is 3. The molecule has 2 fully saturated rings. The predicted molar refractivity (Wildman–Crippen MR) is 98.1 cm³/mol. The third-order valence-electron chi connectivity index (χ3n) is 5.95. The smallest absolute Gasteiger partial charge is 0.255 e. The van der Waals surface area contributed by atoms with E-state index in [0.29, 0.717) is 12.1 Å². The molecule has 1 aromatic carbocycles. The molecule has 2 aromatic rings. The summed E-state index contributed by atoms with van der Waals surface area (Å²) in [7, 11) is 2.22. The number of carbonyl (C=O) groups excluding carboxylic acids is 1. The van der Waals surface area contributed by atoms with Crippen LogP contribution >= 0.6 is 0 Å². The van der Waals surface area contributed by atoms with E-state index in [1.54, 1.807) is 0 Å². The number of benzene rings is 1. The first-order valence-electron chi connectivity index (χ1n) is 9.19. The number of aryl methyl sites for hydroxylation is 1. The van der Waals surface area contributed by atoms with Gasteiger partial charge in [-0.3, -0.25) is 4.79 Å². The fourth-order valence-electron chi connectivity index (χ4n) is 4.58. The maximum atomic E-state index is 12.9. The number of hydrogen-bond acceptors (Lipinski definition) is 3. The Morgan fingerprint density at radius 2 is 1.76 bits per heavy atom. The molecule has 25 heavy (non-hydrogen) atoms. The highest BCUT2D eigenvalue weighted by Crippen LogP contribution is 2.34. The molecule has 2 unspecified atom stereocenters. The van der Waals surface area contributed by atoms with E-state index in [9.17, 15) is 4.79 Å². The second-order valence-corrected chi connectivity index (χ2v) is 7.49. The summed E-state index contributed by atoms with van der Waals surface area (Å²) in [5.41, 5.74) is 3.39. The van der Waals surface area contributed by atoms with Gasteiger partial charge in [-0.1, -0.05) is 18.2 Å². The highest BCUT2D eigenvalue weighted by atomic mass is 16.1. The lowest BCUT2D eigenvalue weighted by atomic mass is 9.97. The van der Waals surface area contributed by atoms with Gasteiger partial charge in [0, 0.05) is 18.1 Å². The predicted octanol–water partition coefficient (Wildman–Crippen LogP) is 2.84. The highest BCUT2D eigenvalue weighted by Gasteiger charge is 2.39. The van der Waals surface area contributed by atoms with Crippen LogP contribution in [0.2, 0.25) is 0 Å². The standard InChI is InChI=1S/C20H26N4O/c1-13-19(14(2)24(22-13)16-7-5-4-6-8-16)20(25)21-15-11-17-9-10-18(12-15)23(17)3/h4-8,15,17-18H,9-12H2,1-3H3,(H,21,25). The first-order valence-corrected chi connectivity index (χ1v) is 9.19. The van der Waals surface area contributed by atoms with E-state index in [2.05, 4.69) is 22.4 Å². The third kappa shape index (κ3) is 2.86. The van der Waals surface area contributed by atoms with Crippen LogP contribution in [0.3, 0.4) is 0 Å². The summed E-state index contributed by atoms with van der Waals surface area (Å²) in [5.74, 6) is 0.0196. The minimum Gasteiger partial charge on any atom is -0.349 e. The quantitative estimate of drug-likeness (QED) is 0.936. The van der Waals surface area contributed by atoms with E-state index < -0.39 is 0 Å². The number of carbonyl (C=O) groups is 1. The van der Waals surface area contributed by atoms with Crippen molar-refractivity contribution < 1.29 is 4.79 Å². The average molecular weight is 338 g/mol. The van der Waals surface area contributed by atoms with Crippen LogP contribution in [0.1, 0.15) is 47.4 Å². The summed E-state index contributed by atoms with van der Waals surface area (Å²) in [6.45, 7) is 3.89. The number of aromatic nitrogens is 2. The van der Waals surface area contributed by atoms with E-state index in [1.807, 2.05) is 48.9 Å². The highest BCUT2D eigenvalue weighted by molar-refractivity contribution is 5.96. The summed E-state index contributed by atoms with van der Waals surface area (Å²) >= 11 is 0. The summed E-state index contributed by atoms with van der Waals surface area (Å²) in [6.07, 6.45) is 4.64. The Hall–Kier alpha value is -2.14. The van der Waals surface area contributed by atoms with Crippen LogP contribution in [-0.2, 0) is 0 Å². The van der Waals surface area contributed by atoms with Crippen molar-refractivity contribution in [3.8, 4) is 5.69 Å². The molecule has 1 aromatic heterocycles. The van der Waals surface area contributed by atoms with Crippen LogP contribution in [0.5, 0.6) is 0 Å². The van der Waals surface area contributed by atoms with Crippen LogP contribution < -0.4 is 5.32 Å². The molecular weight excluding hydrogens is 312 g/mol. The number of fused-ring (bicyclic) bond motifs is 2. The van der Waals surface area contributed by atoms with Gasteiger partial charge in [0.05, 0.1) is 22.6 Å². The SMILES string of the molecule is Cc1nn(-c2ccccc2)c(C)c1C(=O)NC1CC2CCC(C1)N2C. The zero-order valence-corrected chi connectivity index (χ0v) is 15.2. The van der Waals surface area contributed by atoms with Crippen molar-refractivity contribution in [1.82, 2.24) is 20.0 Å². The minimum atomic E-state index is 0.0196. The normalized spacial score (nSPS) is 26.0. The Morgan fingerprint density at radius 1 is 1.12 bits per heavy atom. The molecule has 2 aliphatic heterocycles. The maximum Gasteiger partial charge on any atom is 0.255 e. The first-order chi connectivity index (χ1) is 12.0. The molecule has 132 valence electrons. The summed E-state index contributed by atoms with van der Waals surface area (Å²) in [5, 5.41) is 7.88. The Labute approximate surface area is 149 Å². The van der Waals surface area contributed by atoms with Crippen LogP contribution in [-0.4, -0.2) is 45.8 Å². The van der Waals surface area contributed by atoms with Gasteiger partial charge < -0.3 is 10.2 Å². The van der Waals surface area contributed by atoms with Crippen molar-refractivity contribution in [3.05, 3.63) is 47.3 Å². The molecule has 2 aliphatic rings. The second-order valence-electron chi connectivity index (χ2n) is 7.49. The van der Waals surface area contributed by atoms with E-state index in [4.69, 9.17) is 0 Å². The fourth-order valence-corrected chi connectivity index (χ4v) is 4.58. The van der Waals surface area contributed by atoms with Crippen molar-refractivity contribution in [3.63, 3.8) is 0 Å². The largest absolute Gasteiger partial charge is 0.349 e. The molecule has 4 rings (SSSR count). The van der Waals surface area contributed by atoms with Crippen LogP contribution in [0, 0.1) is 13.8 Å². The monoisotopic (exact) mass is 338 g/mol. The molecule has 1 amide bonds. The molecule has 0 aliphatic carbocycles. The Balaban J connectivity index is 1.54. The van der Waals surface area contributed by atoms with Gasteiger partial charge in [-0.25, -0.2) is 4.68 Å². The number of amides is 1. The maximum absolute atomic E-state index is 12.9. The lowest BCUT2D eigenvalue weighted by Gasteiger charge is -2.36. The fraction of sp³-hybridized carbons (Fsp3) is 0.500. The number of para-hydroxylation sites is 1. The summed E-state index contributed by atoms with van der Waals surface area (Å²) in [6, 6.07) is 11.5. The molecule has 0 saturated carbocycles. The van der Waals surface area contributed by atoms with Gasteiger partial charge in [-0.05, 0) is 58.7 Å². The third-order valence-corrected chi connectivity index (χ3v) is 5.95. The van der Waals surface area contributed by atoms with Crippen LogP contribution in [0.25, 0.3) is 5.69 Å². The summed E-state index contributed by atoms with van der Waals surface area (Å²) < 4.78 is 1.86. The molecule has 2 atom stereocenters. The van der Waals surface area contributed by atoms with Gasteiger partial charge in [0.1, 0.15) is 0 Å². The van der Waals surface area contributed by atoms with Crippen molar-refractivity contribution in [2.75, 3.05) is 7.05 Å². The van der Waals surface area contributed by atoms with E-state index in [0.717, 1.165) is 35.5 Å². The topological polar surface area (TPSA) is 50.2 Å². The van der Waals surface area contributed by atoms with Crippen molar-refractivity contribution in [2.24, 2.45) is 0 Å². The molecule has 5 heteroatoms. The van der Waals surface area contributed by atoms with E-state index in [1.165, 1.54) is 12.8 Å². The Bertz CT molecular complexity index is 768. The van der Waals surface area contributed by atoms with Crippen molar-refractivity contribution in [1.29, 1.82) is 0 Å². The minimum absolute atomic E-state index is 0.0196. The zero-order valence-electron chi connectivity index (χ0n) is 15.2. The number of nitrogens with zero attached hydrogens (tertiary/aromatic N) is 3. The molecule has 2 saturated heterocycles. The van der Waals surface area contributed by atoms with Crippen molar-refractivity contribution in [2.45, 2.75) is 57.7 Å². The van der Waals surface area contributed by atoms with Gasteiger partial charge in [0.25, 0.3) is 5.91 Å². The average Bonchev–Trinajstić information content (AvgIpc) is 2.99. The van der Waals surface area contributed by atoms with Gasteiger partial charge in [-0.2, -0.15) is 5.10 Å². The lowest BCUT2D eigenvalue weighted by molar-refractivity contribution is 0.0881. The van der Waals surface area contributed by atoms with E-state index in [-0.39, 0.29) is 11.9 Å². The number of nitrogens with one attached hydrogen (secondary N) is 1. The van der Waals surface area contributed by atoms with E-state index >= 15 is 0 Å². The Kier molecular flexibility index (Phi) is 4.12. The molecular formula is C20H26N4O. The molecule has 0 spiro atoms. The second kappa shape index (κ2) is 6.30. The molecule has 1 N–H and O–H groups in total. The molecule has 5 nitrogen and oxygen atoms in total. The van der Waals surface area contributed by atoms with Gasteiger partial charge in [0.2, 0.25) is 0 Å². The summed E-state index contributed by atoms with van der Waals surface area (Å²) in [4.78, 5) is 15.4. The molecule has 2 bridgehead atoms. The first kappa shape index (κ1) is 16.3. The van der Waals surface area contributed by atoms with Gasteiger partial charge >= 0.3 is 0 Å². The van der Waals surface area contributed by atoms with Crippen LogP contribution in [0.4, 0.5) is 0 Å². The zero-order chi connectivity index (χ0) is 17.6. The molecule has 0 radical (unpaired) electrons. The van der Waals surface area contributed by atoms with Crippen LogP contribution in [0.15, 0.2) is 30.3 Å². The number of hydrogen-bond donors (Lipinski definition) is 1.